The number of aryl methyl sites for hydroxylation is 2. The lowest BCUT2D eigenvalue weighted by Crippen LogP contribution is -2.34. The SMILES string of the molecule is Cc1ccc(C)c(CC(CCl)(CCl)c2ccccc2Br)c1. The maximum atomic E-state index is 6.37. The van der Waals surface area contributed by atoms with Crippen LogP contribution in [-0.2, 0) is 11.8 Å². The summed E-state index contributed by atoms with van der Waals surface area (Å²) in [6.07, 6.45) is 0.843. The summed E-state index contributed by atoms with van der Waals surface area (Å²) in [6.45, 7) is 4.26. The molecule has 2 aromatic carbocycles. The van der Waals surface area contributed by atoms with Crippen LogP contribution >= 0.6 is 39.1 Å². The number of hydrogen-bond acceptors (Lipinski definition) is 0. The van der Waals surface area contributed by atoms with Crippen LogP contribution in [0.5, 0.6) is 0 Å². The van der Waals surface area contributed by atoms with E-state index in [4.69, 9.17) is 23.2 Å². The first-order valence-electron chi connectivity index (χ1n) is 6.95. The lowest BCUT2D eigenvalue weighted by molar-refractivity contribution is 0.532. The van der Waals surface area contributed by atoms with Crippen molar-refractivity contribution in [2.75, 3.05) is 11.8 Å². The highest BCUT2D eigenvalue weighted by Crippen LogP contribution is 2.36. The average Bonchev–Trinajstić information content (AvgIpc) is 2.49. The number of alkyl halides is 2. The monoisotopic (exact) mass is 384 g/mol. The fraction of sp³-hybridized carbons (Fsp3) is 0.333. The molecule has 3 heteroatoms. The van der Waals surface area contributed by atoms with Crippen molar-refractivity contribution in [1.29, 1.82) is 0 Å². The van der Waals surface area contributed by atoms with Crippen LogP contribution in [0.3, 0.4) is 0 Å². The third-order valence-corrected chi connectivity index (χ3v) is 5.70. The molecule has 0 aromatic heterocycles. The topological polar surface area (TPSA) is 0 Å². The molecule has 0 bridgehead atoms. The molecule has 2 rings (SSSR count). The van der Waals surface area contributed by atoms with Gasteiger partial charge in [-0.15, -0.1) is 23.2 Å². The summed E-state index contributed by atoms with van der Waals surface area (Å²) >= 11 is 16.4. The summed E-state index contributed by atoms with van der Waals surface area (Å²) in [5, 5.41) is 0. The van der Waals surface area contributed by atoms with E-state index in [1.54, 1.807) is 0 Å². The Bertz CT molecular complexity index is 618. The first-order chi connectivity index (χ1) is 10.0. The van der Waals surface area contributed by atoms with E-state index in [9.17, 15) is 0 Å². The molecule has 0 aliphatic rings. The van der Waals surface area contributed by atoms with E-state index in [0.717, 1.165) is 10.9 Å². The first-order valence-corrected chi connectivity index (χ1v) is 8.82. The summed E-state index contributed by atoms with van der Waals surface area (Å²) in [6, 6.07) is 14.8. The highest BCUT2D eigenvalue weighted by molar-refractivity contribution is 9.10. The van der Waals surface area contributed by atoms with Crippen molar-refractivity contribution in [2.24, 2.45) is 0 Å². The average molecular weight is 386 g/mol. The van der Waals surface area contributed by atoms with Gasteiger partial charge in [-0.3, -0.25) is 0 Å². The Morgan fingerprint density at radius 2 is 1.67 bits per heavy atom. The Morgan fingerprint density at radius 1 is 1.00 bits per heavy atom. The molecule has 21 heavy (non-hydrogen) atoms. The minimum Gasteiger partial charge on any atom is -0.126 e. The number of rotatable bonds is 5. The van der Waals surface area contributed by atoms with Gasteiger partial charge in [0.05, 0.1) is 0 Å². The Kier molecular flexibility index (Phi) is 5.76. The quantitative estimate of drug-likeness (QED) is 0.551. The molecule has 0 radical (unpaired) electrons. The molecule has 0 saturated carbocycles. The Labute approximate surface area is 145 Å². The molecule has 0 amide bonds. The molecule has 0 spiro atoms. The summed E-state index contributed by atoms with van der Waals surface area (Å²) in [7, 11) is 0. The summed E-state index contributed by atoms with van der Waals surface area (Å²) in [5.41, 5.74) is 4.78. The van der Waals surface area contributed by atoms with Gasteiger partial charge in [0.1, 0.15) is 0 Å². The summed E-state index contributed by atoms with van der Waals surface area (Å²) in [4.78, 5) is 0. The van der Waals surface area contributed by atoms with Crippen molar-refractivity contribution in [2.45, 2.75) is 25.7 Å². The van der Waals surface area contributed by atoms with Crippen LogP contribution in [0.25, 0.3) is 0 Å². The third-order valence-electron chi connectivity index (χ3n) is 3.99. The zero-order valence-corrected chi connectivity index (χ0v) is 15.4. The lowest BCUT2D eigenvalue weighted by Gasteiger charge is -2.32. The molecule has 0 fully saturated rings. The smallest absolute Gasteiger partial charge is 0.0335 e. The Hall–Kier alpha value is -0.500. The molecule has 0 nitrogen and oxygen atoms in total. The zero-order valence-electron chi connectivity index (χ0n) is 12.3. The second-order valence-electron chi connectivity index (χ2n) is 5.63. The van der Waals surface area contributed by atoms with E-state index in [2.05, 4.69) is 54.0 Å². The van der Waals surface area contributed by atoms with Gasteiger partial charge in [0.25, 0.3) is 0 Å². The number of halogens is 3. The molecule has 0 aliphatic heterocycles. The van der Waals surface area contributed by atoms with Gasteiger partial charge in [0.15, 0.2) is 0 Å². The minimum atomic E-state index is -0.262. The second kappa shape index (κ2) is 7.17. The maximum Gasteiger partial charge on any atom is 0.0335 e. The Balaban J connectivity index is 2.48. The van der Waals surface area contributed by atoms with Crippen molar-refractivity contribution in [1.82, 2.24) is 0 Å². The standard InChI is InChI=1S/C18H19BrCl2/c1-13-7-8-14(2)15(9-13)10-18(11-20,12-21)16-5-3-4-6-17(16)19/h3-9H,10-12H2,1-2H3. The van der Waals surface area contributed by atoms with E-state index in [1.807, 2.05) is 18.2 Å². The van der Waals surface area contributed by atoms with Gasteiger partial charge in [-0.05, 0) is 43.0 Å². The molecule has 0 saturated heterocycles. The van der Waals surface area contributed by atoms with E-state index in [-0.39, 0.29) is 5.41 Å². The zero-order chi connectivity index (χ0) is 15.5. The van der Waals surface area contributed by atoms with Gasteiger partial charge in [0, 0.05) is 21.6 Å². The van der Waals surface area contributed by atoms with Crippen LogP contribution in [-0.4, -0.2) is 11.8 Å². The summed E-state index contributed by atoms with van der Waals surface area (Å²) in [5.74, 6) is 0.985. The van der Waals surface area contributed by atoms with Gasteiger partial charge in [0.2, 0.25) is 0 Å². The predicted octanol–water partition coefficient (Wildman–Crippen LogP) is 6.02. The number of hydrogen-bond donors (Lipinski definition) is 0. The predicted molar refractivity (Wildman–Crippen MR) is 96.9 cm³/mol. The molecule has 2 aromatic rings. The first kappa shape index (κ1) is 16.9. The van der Waals surface area contributed by atoms with Crippen LogP contribution in [0.2, 0.25) is 0 Å². The van der Waals surface area contributed by atoms with E-state index in [0.29, 0.717) is 11.8 Å². The highest BCUT2D eigenvalue weighted by Gasteiger charge is 2.33. The van der Waals surface area contributed by atoms with Crippen molar-refractivity contribution in [3.63, 3.8) is 0 Å². The number of benzene rings is 2. The van der Waals surface area contributed by atoms with Gasteiger partial charge in [-0.2, -0.15) is 0 Å². The van der Waals surface area contributed by atoms with Crippen molar-refractivity contribution in [3.05, 3.63) is 69.2 Å². The van der Waals surface area contributed by atoms with Crippen LogP contribution in [0.1, 0.15) is 22.3 Å². The van der Waals surface area contributed by atoms with Crippen molar-refractivity contribution < 1.29 is 0 Å². The molecule has 0 heterocycles. The largest absolute Gasteiger partial charge is 0.126 e. The minimum absolute atomic E-state index is 0.262. The van der Waals surface area contributed by atoms with Crippen LogP contribution in [0.15, 0.2) is 46.9 Å². The lowest BCUT2D eigenvalue weighted by atomic mass is 9.77. The molecule has 0 N–H and O–H groups in total. The third kappa shape index (κ3) is 3.64. The van der Waals surface area contributed by atoms with Gasteiger partial charge < -0.3 is 0 Å². The van der Waals surface area contributed by atoms with E-state index in [1.165, 1.54) is 22.3 Å². The Morgan fingerprint density at radius 3 is 2.29 bits per heavy atom. The second-order valence-corrected chi connectivity index (χ2v) is 7.02. The van der Waals surface area contributed by atoms with E-state index >= 15 is 0 Å². The molecule has 0 aliphatic carbocycles. The summed E-state index contributed by atoms with van der Waals surface area (Å²) < 4.78 is 1.07. The molecular formula is C18H19BrCl2. The van der Waals surface area contributed by atoms with Crippen molar-refractivity contribution >= 4 is 39.1 Å². The van der Waals surface area contributed by atoms with E-state index < -0.39 is 0 Å². The highest BCUT2D eigenvalue weighted by atomic mass is 79.9. The van der Waals surface area contributed by atoms with Gasteiger partial charge in [-0.25, -0.2) is 0 Å². The fourth-order valence-electron chi connectivity index (χ4n) is 2.62. The van der Waals surface area contributed by atoms with Gasteiger partial charge >= 0.3 is 0 Å². The van der Waals surface area contributed by atoms with Crippen LogP contribution < -0.4 is 0 Å². The molecular weight excluding hydrogens is 367 g/mol. The molecule has 0 atom stereocenters. The van der Waals surface area contributed by atoms with Crippen molar-refractivity contribution in [3.8, 4) is 0 Å². The molecule has 112 valence electrons. The fourth-order valence-corrected chi connectivity index (χ4v) is 4.08. The van der Waals surface area contributed by atoms with Gasteiger partial charge in [-0.1, -0.05) is 57.9 Å². The molecule has 0 unspecified atom stereocenters. The van der Waals surface area contributed by atoms with Crippen LogP contribution in [0.4, 0.5) is 0 Å². The maximum absolute atomic E-state index is 6.37. The van der Waals surface area contributed by atoms with Crippen LogP contribution in [0, 0.1) is 13.8 Å². The normalized spacial score (nSPS) is 11.7.